The van der Waals surface area contributed by atoms with E-state index in [9.17, 15) is 14.4 Å². The van der Waals surface area contributed by atoms with Gasteiger partial charge < -0.3 is 4.57 Å². The van der Waals surface area contributed by atoms with Crippen molar-refractivity contribution in [2.24, 2.45) is 7.05 Å². The maximum atomic E-state index is 13.1. The number of Topliss-reactive ketones (excluding diaryl/α,β-unsaturated/α-hetero) is 1. The Morgan fingerprint density at radius 3 is 2.50 bits per heavy atom. The van der Waals surface area contributed by atoms with Crippen molar-refractivity contribution in [2.45, 2.75) is 33.4 Å². The van der Waals surface area contributed by atoms with Crippen molar-refractivity contribution in [3.05, 3.63) is 68.6 Å². The molecule has 0 aliphatic heterocycles. The average molecular weight is 379 g/mol. The predicted octanol–water partition coefficient (Wildman–Crippen LogP) is 1.66. The minimum atomic E-state index is -0.839. The van der Waals surface area contributed by atoms with E-state index >= 15 is 0 Å². The Labute approximate surface area is 160 Å². The third-order valence-electron chi connectivity index (χ3n) is 5.25. The third kappa shape index (κ3) is 2.52. The number of rotatable bonds is 4. The number of ketones is 1. The highest BCUT2D eigenvalue weighted by Crippen LogP contribution is 2.18. The molecule has 0 bridgehead atoms. The van der Waals surface area contributed by atoms with Gasteiger partial charge in [0.1, 0.15) is 0 Å². The smallest absolute Gasteiger partial charge is 0.310 e. The molecule has 3 heterocycles. The highest BCUT2D eigenvalue weighted by atomic mass is 16.2. The number of imidazole rings is 2. The number of hydrogen-bond acceptors (Lipinski definition) is 4. The maximum Gasteiger partial charge on any atom is 0.333 e. The number of nitrogens with zero attached hydrogens (tertiary/aromatic N) is 5. The first-order valence-corrected chi connectivity index (χ1v) is 9.05. The van der Waals surface area contributed by atoms with Gasteiger partial charge in [0, 0.05) is 18.9 Å². The van der Waals surface area contributed by atoms with Crippen LogP contribution in [0, 0.1) is 6.92 Å². The molecule has 0 aliphatic carbocycles. The fourth-order valence-corrected chi connectivity index (χ4v) is 3.51. The van der Waals surface area contributed by atoms with E-state index < -0.39 is 17.3 Å². The van der Waals surface area contributed by atoms with Gasteiger partial charge in [0.05, 0.1) is 12.6 Å². The molecule has 1 atom stereocenters. The molecule has 0 N–H and O–H groups in total. The van der Waals surface area contributed by atoms with Crippen LogP contribution < -0.4 is 11.2 Å². The molecule has 4 aromatic rings. The molecule has 3 aromatic heterocycles. The van der Waals surface area contributed by atoms with Gasteiger partial charge in [-0.05, 0) is 26.3 Å². The Balaban J connectivity index is 2.04. The Hall–Kier alpha value is -3.42. The minimum Gasteiger partial charge on any atom is -0.310 e. The molecule has 0 spiro atoms. The molecule has 4 rings (SSSR count). The summed E-state index contributed by atoms with van der Waals surface area (Å²) in [4.78, 5) is 42.3. The molecule has 144 valence electrons. The van der Waals surface area contributed by atoms with Crippen LogP contribution in [0.5, 0.6) is 0 Å². The number of benzene rings is 1. The van der Waals surface area contributed by atoms with Crippen LogP contribution >= 0.6 is 0 Å². The SMILES string of the molecule is CC(=O)[C@@H](C)n1c(=O)c2c(nc3n(Cc4ccccc4)c(C)cn23)n(C)c1=O. The zero-order chi connectivity index (χ0) is 20.2. The molecule has 8 heteroatoms. The summed E-state index contributed by atoms with van der Waals surface area (Å²) in [6.45, 7) is 5.47. The fourth-order valence-electron chi connectivity index (χ4n) is 3.51. The topological polar surface area (TPSA) is 83.3 Å². The molecule has 0 saturated carbocycles. The molecule has 0 amide bonds. The molecule has 0 fully saturated rings. The van der Waals surface area contributed by atoms with E-state index in [4.69, 9.17) is 0 Å². The van der Waals surface area contributed by atoms with Crippen LogP contribution in [0.3, 0.4) is 0 Å². The number of hydrogen-bond donors (Lipinski definition) is 0. The van der Waals surface area contributed by atoms with E-state index in [0.717, 1.165) is 15.8 Å². The van der Waals surface area contributed by atoms with Gasteiger partial charge in [0.25, 0.3) is 5.56 Å². The van der Waals surface area contributed by atoms with E-state index in [1.165, 1.54) is 11.5 Å². The summed E-state index contributed by atoms with van der Waals surface area (Å²) in [5.74, 6) is 0.328. The highest BCUT2D eigenvalue weighted by molar-refractivity contribution is 5.80. The summed E-state index contributed by atoms with van der Waals surface area (Å²) < 4.78 is 6.03. The monoisotopic (exact) mass is 379 g/mol. The Kier molecular flexibility index (Phi) is 4.06. The average Bonchev–Trinajstić information content (AvgIpc) is 3.17. The van der Waals surface area contributed by atoms with Crippen LogP contribution in [-0.4, -0.2) is 28.9 Å². The number of aryl methyl sites for hydroxylation is 2. The summed E-state index contributed by atoms with van der Waals surface area (Å²) in [5.41, 5.74) is 1.58. The van der Waals surface area contributed by atoms with Crippen molar-refractivity contribution in [3.8, 4) is 0 Å². The second kappa shape index (κ2) is 6.33. The van der Waals surface area contributed by atoms with Gasteiger partial charge in [-0.25, -0.2) is 9.36 Å². The van der Waals surface area contributed by atoms with Crippen molar-refractivity contribution in [1.82, 2.24) is 23.1 Å². The number of carbonyl (C=O) groups is 1. The Morgan fingerprint density at radius 1 is 1.18 bits per heavy atom. The van der Waals surface area contributed by atoms with Crippen LogP contribution in [0.15, 0.2) is 46.1 Å². The van der Waals surface area contributed by atoms with Crippen molar-refractivity contribution in [3.63, 3.8) is 0 Å². The Bertz CT molecular complexity index is 1340. The summed E-state index contributed by atoms with van der Waals surface area (Å²) in [6.07, 6.45) is 1.84. The first-order valence-electron chi connectivity index (χ1n) is 9.05. The van der Waals surface area contributed by atoms with Crippen LogP contribution in [-0.2, 0) is 18.4 Å². The van der Waals surface area contributed by atoms with Gasteiger partial charge in [0.15, 0.2) is 16.9 Å². The second-order valence-corrected chi connectivity index (χ2v) is 7.10. The molecule has 28 heavy (non-hydrogen) atoms. The summed E-state index contributed by atoms with van der Waals surface area (Å²) >= 11 is 0. The lowest BCUT2D eigenvalue weighted by Crippen LogP contribution is -2.42. The molecular weight excluding hydrogens is 358 g/mol. The summed E-state index contributed by atoms with van der Waals surface area (Å²) in [7, 11) is 1.56. The van der Waals surface area contributed by atoms with Gasteiger partial charge in [0.2, 0.25) is 5.78 Å². The van der Waals surface area contributed by atoms with E-state index in [1.807, 2.05) is 48.0 Å². The molecule has 0 unspecified atom stereocenters. The van der Waals surface area contributed by atoms with Crippen LogP contribution in [0.4, 0.5) is 0 Å². The van der Waals surface area contributed by atoms with E-state index in [2.05, 4.69) is 4.98 Å². The van der Waals surface area contributed by atoms with Gasteiger partial charge in [-0.15, -0.1) is 0 Å². The first kappa shape index (κ1) is 18.0. The molecule has 0 saturated heterocycles. The molecule has 0 radical (unpaired) electrons. The van der Waals surface area contributed by atoms with Crippen molar-refractivity contribution in [1.29, 1.82) is 0 Å². The van der Waals surface area contributed by atoms with E-state index in [1.54, 1.807) is 18.4 Å². The number of carbonyl (C=O) groups excluding carboxylic acids is 1. The van der Waals surface area contributed by atoms with E-state index in [-0.39, 0.29) is 5.78 Å². The predicted molar refractivity (Wildman–Crippen MR) is 106 cm³/mol. The second-order valence-electron chi connectivity index (χ2n) is 7.10. The molecule has 0 aliphatic rings. The van der Waals surface area contributed by atoms with Crippen molar-refractivity contribution in [2.75, 3.05) is 0 Å². The maximum absolute atomic E-state index is 13.1. The fraction of sp³-hybridized carbons (Fsp3) is 0.300. The van der Waals surface area contributed by atoms with Gasteiger partial charge in [-0.1, -0.05) is 30.3 Å². The van der Waals surface area contributed by atoms with Gasteiger partial charge >= 0.3 is 5.69 Å². The van der Waals surface area contributed by atoms with Crippen LogP contribution in [0.25, 0.3) is 16.9 Å². The lowest BCUT2D eigenvalue weighted by Gasteiger charge is -2.12. The van der Waals surface area contributed by atoms with Crippen LogP contribution in [0.1, 0.15) is 31.1 Å². The summed E-state index contributed by atoms with van der Waals surface area (Å²) in [6, 6.07) is 9.11. The lowest BCUT2D eigenvalue weighted by molar-refractivity contribution is -0.119. The third-order valence-corrected chi connectivity index (χ3v) is 5.25. The normalized spacial score (nSPS) is 12.7. The Morgan fingerprint density at radius 2 is 1.86 bits per heavy atom. The molecule has 8 nitrogen and oxygen atoms in total. The molecule has 1 aromatic carbocycles. The first-order chi connectivity index (χ1) is 13.3. The summed E-state index contributed by atoms with van der Waals surface area (Å²) in [5, 5.41) is 0. The van der Waals surface area contributed by atoms with Crippen molar-refractivity contribution >= 4 is 22.7 Å². The van der Waals surface area contributed by atoms with Crippen molar-refractivity contribution < 1.29 is 4.79 Å². The zero-order valence-corrected chi connectivity index (χ0v) is 16.2. The number of aromatic nitrogens is 5. The van der Waals surface area contributed by atoms with Gasteiger partial charge in [-0.2, -0.15) is 4.98 Å². The zero-order valence-electron chi connectivity index (χ0n) is 16.2. The number of fused-ring (bicyclic) bond motifs is 3. The lowest BCUT2D eigenvalue weighted by atomic mass is 10.2. The minimum absolute atomic E-state index is 0.253. The largest absolute Gasteiger partial charge is 0.333 e. The highest BCUT2D eigenvalue weighted by Gasteiger charge is 2.23. The standard InChI is InChI=1S/C20H21N5O3/c1-12-10-24-16-17(21-19(24)23(12)11-15-8-6-5-7-9-15)22(4)20(28)25(18(16)27)13(2)14(3)26/h5-10,13H,11H2,1-4H3/t13-/m1/s1. The van der Waals surface area contributed by atoms with E-state index in [0.29, 0.717) is 23.5 Å². The van der Waals surface area contributed by atoms with Crippen LogP contribution in [0.2, 0.25) is 0 Å². The van der Waals surface area contributed by atoms with Gasteiger partial charge in [-0.3, -0.25) is 18.6 Å². The quantitative estimate of drug-likeness (QED) is 0.540. The molecular formula is C20H21N5O3.